The Kier molecular flexibility index (Phi) is 3.22. The van der Waals surface area contributed by atoms with Crippen LogP contribution in [0.5, 0.6) is 0 Å². The van der Waals surface area contributed by atoms with Crippen molar-refractivity contribution in [3.63, 3.8) is 0 Å². The zero-order chi connectivity index (χ0) is 11.5. The molecule has 82 valence electrons. The van der Waals surface area contributed by atoms with Crippen LogP contribution in [0.1, 0.15) is 5.56 Å². The molecule has 0 aliphatic carbocycles. The molecular formula is C12H11BrN2O. The van der Waals surface area contributed by atoms with E-state index in [1.165, 1.54) is 0 Å². The molecule has 4 heteroatoms. The molecule has 0 amide bonds. The zero-order valence-electron chi connectivity index (χ0n) is 8.52. The molecule has 0 saturated carbocycles. The molecule has 1 aromatic carbocycles. The molecule has 0 aliphatic heterocycles. The average Bonchev–Trinajstić information content (AvgIpc) is 2.27. The van der Waals surface area contributed by atoms with Crippen molar-refractivity contribution in [2.75, 3.05) is 5.73 Å². The van der Waals surface area contributed by atoms with Gasteiger partial charge in [-0.2, -0.15) is 0 Å². The summed E-state index contributed by atoms with van der Waals surface area (Å²) in [7, 11) is 0. The Balaban J connectivity index is 2.58. The van der Waals surface area contributed by atoms with Crippen LogP contribution in [-0.4, -0.2) is 10.1 Å². The van der Waals surface area contributed by atoms with Crippen molar-refractivity contribution in [3.05, 3.63) is 46.6 Å². The molecule has 0 atom stereocenters. The summed E-state index contributed by atoms with van der Waals surface area (Å²) in [4.78, 5) is 4.27. The number of nitrogens with zero attached hydrogens (tertiary/aromatic N) is 1. The van der Waals surface area contributed by atoms with Crippen molar-refractivity contribution in [1.82, 2.24) is 4.98 Å². The van der Waals surface area contributed by atoms with Gasteiger partial charge in [-0.25, -0.2) is 0 Å². The van der Waals surface area contributed by atoms with Crippen LogP contribution in [0.15, 0.2) is 41.0 Å². The molecule has 16 heavy (non-hydrogen) atoms. The van der Waals surface area contributed by atoms with Gasteiger partial charge in [0, 0.05) is 27.5 Å². The summed E-state index contributed by atoms with van der Waals surface area (Å²) in [6.07, 6.45) is 1.70. The minimum absolute atomic E-state index is 0.0322. The highest BCUT2D eigenvalue weighted by Gasteiger charge is 2.06. The van der Waals surface area contributed by atoms with Crippen LogP contribution in [0.4, 0.5) is 5.69 Å². The number of aromatic nitrogens is 1. The van der Waals surface area contributed by atoms with Crippen molar-refractivity contribution in [3.8, 4) is 11.3 Å². The summed E-state index contributed by atoms with van der Waals surface area (Å²) in [6, 6.07) is 9.24. The van der Waals surface area contributed by atoms with Crippen molar-refractivity contribution in [2.24, 2.45) is 0 Å². The number of halogens is 1. The first kappa shape index (κ1) is 11.1. The van der Waals surface area contributed by atoms with E-state index < -0.39 is 0 Å². The second-order valence-corrected chi connectivity index (χ2v) is 4.36. The van der Waals surface area contributed by atoms with E-state index in [2.05, 4.69) is 20.9 Å². The van der Waals surface area contributed by atoms with E-state index in [1.807, 2.05) is 24.3 Å². The molecule has 2 aromatic rings. The Morgan fingerprint density at radius 3 is 2.81 bits per heavy atom. The lowest BCUT2D eigenvalue weighted by Gasteiger charge is -2.07. The molecule has 1 heterocycles. The molecule has 0 aliphatic rings. The van der Waals surface area contributed by atoms with Crippen LogP contribution < -0.4 is 5.73 Å². The number of nitrogen functional groups attached to an aromatic ring is 1. The topological polar surface area (TPSA) is 59.1 Å². The third-order valence-electron chi connectivity index (χ3n) is 2.26. The Hall–Kier alpha value is -1.39. The standard InChI is InChI=1S/C12H11BrN2O/c13-10-4-9(5-11(14)6-10)12-8(7-16)2-1-3-15-12/h1-6,16H,7,14H2. The molecule has 0 spiro atoms. The summed E-state index contributed by atoms with van der Waals surface area (Å²) in [5.74, 6) is 0. The van der Waals surface area contributed by atoms with Crippen LogP contribution in [0.25, 0.3) is 11.3 Å². The maximum Gasteiger partial charge on any atom is 0.0758 e. The van der Waals surface area contributed by atoms with Gasteiger partial charge < -0.3 is 10.8 Å². The molecule has 1 aromatic heterocycles. The van der Waals surface area contributed by atoms with Gasteiger partial charge in [-0.15, -0.1) is 0 Å². The number of benzene rings is 1. The number of anilines is 1. The molecule has 3 nitrogen and oxygen atoms in total. The smallest absolute Gasteiger partial charge is 0.0758 e. The molecule has 0 saturated heterocycles. The van der Waals surface area contributed by atoms with Gasteiger partial charge in [0.15, 0.2) is 0 Å². The summed E-state index contributed by atoms with van der Waals surface area (Å²) in [5.41, 5.74) is 8.89. The van der Waals surface area contributed by atoms with Crippen LogP contribution >= 0.6 is 15.9 Å². The first-order valence-electron chi connectivity index (χ1n) is 4.82. The van der Waals surface area contributed by atoms with E-state index in [-0.39, 0.29) is 6.61 Å². The molecule has 0 unspecified atom stereocenters. The van der Waals surface area contributed by atoms with Gasteiger partial charge in [0.1, 0.15) is 0 Å². The second-order valence-electron chi connectivity index (χ2n) is 3.44. The average molecular weight is 279 g/mol. The summed E-state index contributed by atoms with van der Waals surface area (Å²) >= 11 is 3.39. The quantitative estimate of drug-likeness (QED) is 0.831. The lowest BCUT2D eigenvalue weighted by molar-refractivity contribution is 0.282. The Labute approximate surface area is 102 Å². The minimum Gasteiger partial charge on any atom is -0.399 e. The number of rotatable bonds is 2. The monoisotopic (exact) mass is 278 g/mol. The van der Waals surface area contributed by atoms with Gasteiger partial charge in [0.2, 0.25) is 0 Å². The highest BCUT2D eigenvalue weighted by atomic mass is 79.9. The number of nitrogens with two attached hydrogens (primary N) is 1. The largest absolute Gasteiger partial charge is 0.399 e. The van der Waals surface area contributed by atoms with Gasteiger partial charge in [-0.3, -0.25) is 4.98 Å². The lowest BCUT2D eigenvalue weighted by Crippen LogP contribution is -1.94. The first-order chi connectivity index (χ1) is 7.70. The lowest BCUT2D eigenvalue weighted by atomic mass is 10.1. The van der Waals surface area contributed by atoms with E-state index in [9.17, 15) is 5.11 Å². The first-order valence-corrected chi connectivity index (χ1v) is 5.61. The third kappa shape index (κ3) is 2.23. The molecule has 2 rings (SSSR count). The predicted octanol–water partition coefficient (Wildman–Crippen LogP) is 2.59. The van der Waals surface area contributed by atoms with Gasteiger partial charge in [-0.05, 0) is 24.3 Å². The second kappa shape index (κ2) is 4.63. The summed E-state index contributed by atoms with van der Waals surface area (Å²) in [6.45, 7) is -0.0322. The van der Waals surface area contributed by atoms with E-state index >= 15 is 0 Å². The molecule has 0 fully saturated rings. The minimum atomic E-state index is -0.0322. The van der Waals surface area contributed by atoms with Crippen LogP contribution in [0.2, 0.25) is 0 Å². The van der Waals surface area contributed by atoms with Gasteiger partial charge in [0.05, 0.1) is 12.3 Å². The highest BCUT2D eigenvalue weighted by molar-refractivity contribution is 9.10. The van der Waals surface area contributed by atoms with Gasteiger partial charge in [-0.1, -0.05) is 22.0 Å². The van der Waals surface area contributed by atoms with E-state index in [4.69, 9.17) is 5.73 Å². The van der Waals surface area contributed by atoms with Crippen molar-refractivity contribution in [1.29, 1.82) is 0 Å². The maximum absolute atomic E-state index is 9.24. The normalized spacial score (nSPS) is 10.4. The van der Waals surface area contributed by atoms with Crippen LogP contribution in [0, 0.1) is 0 Å². The van der Waals surface area contributed by atoms with Gasteiger partial charge in [0.25, 0.3) is 0 Å². The van der Waals surface area contributed by atoms with E-state index in [0.29, 0.717) is 5.69 Å². The molecule has 0 radical (unpaired) electrons. The fourth-order valence-corrected chi connectivity index (χ4v) is 2.09. The SMILES string of the molecule is Nc1cc(Br)cc(-c2ncccc2CO)c1. The number of hydrogen-bond acceptors (Lipinski definition) is 3. The Morgan fingerprint density at radius 2 is 2.12 bits per heavy atom. The van der Waals surface area contributed by atoms with Crippen LogP contribution in [-0.2, 0) is 6.61 Å². The summed E-state index contributed by atoms with van der Waals surface area (Å²) < 4.78 is 0.900. The number of aliphatic hydroxyl groups is 1. The highest BCUT2D eigenvalue weighted by Crippen LogP contribution is 2.27. The van der Waals surface area contributed by atoms with Crippen molar-refractivity contribution >= 4 is 21.6 Å². The van der Waals surface area contributed by atoms with Crippen molar-refractivity contribution in [2.45, 2.75) is 6.61 Å². The number of hydrogen-bond donors (Lipinski definition) is 2. The predicted molar refractivity (Wildman–Crippen MR) is 67.7 cm³/mol. The fraction of sp³-hybridized carbons (Fsp3) is 0.0833. The Morgan fingerprint density at radius 1 is 1.31 bits per heavy atom. The van der Waals surface area contributed by atoms with Crippen LogP contribution in [0.3, 0.4) is 0 Å². The van der Waals surface area contributed by atoms with Crippen molar-refractivity contribution < 1.29 is 5.11 Å². The third-order valence-corrected chi connectivity index (χ3v) is 2.71. The van der Waals surface area contributed by atoms with E-state index in [1.54, 1.807) is 12.3 Å². The molecule has 0 bridgehead atoms. The van der Waals surface area contributed by atoms with E-state index in [0.717, 1.165) is 21.3 Å². The maximum atomic E-state index is 9.24. The van der Waals surface area contributed by atoms with Gasteiger partial charge >= 0.3 is 0 Å². The summed E-state index contributed by atoms with van der Waals surface area (Å²) in [5, 5.41) is 9.24. The Bertz CT molecular complexity index is 494. The fourth-order valence-electron chi connectivity index (χ4n) is 1.58. The zero-order valence-corrected chi connectivity index (χ0v) is 10.1. The number of aliphatic hydroxyl groups excluding tert-OH is 1. The molecular weight excluding hydrogens is 268 g/mol. The number of pyridine rings is 1. The molecule has 3 N–H and O–H groups in total.